The highest BCUT2D eigenvalue weighted by Gasteiger charge is 2.27. The highest BCUT2D eigenvalue weighted by molar-refractivity contribution is 5.95. The van der Waals surface area contributed by atoms with Gasteiger partial charge in [0.1, 0.15) is 18.2 Å². The molecule has 3 N–H and O–H groups in total. The number of rotatable bonds is 5. The van der Waals surface area contributed by atoms with Gasteiger partial charge in [-0.05, 0) is 6.07 Å². The zero-order chi connectivity index (χ0) is 15.3. The number of halogens is 5. The minimum Gasteiger partial charge on any atom is -0.396 e. The van der Waals surface area contributed by atoms with Gasteiger partial charge in [-0.3, -0.25) is 4.79 Å². The molecule has 0 fully saturated rings. The summed E-state index contributed by atoms with van der Waals surface area (Å²) in [6.45, 7) is -2.10. The molecule has 0 saturated carbocycles. The first kappa shape index (κ1) is 16.2. The SMILES string of the molecule is Nc1cc(C(=O)NCCOCC(F)(F)F)c(F)cc1F. The Kier molecular flexibility index (Phi) is 5.26. The lowest BCUT2D eigenvalue weighted by molar-refractivity contribution is -0.173. The normalized spacial score (nSPS) is 11.4. The van der Waals surface area contributed by atoms with E-state index >= 15 is 0 Å². The summed E-state index contributed by atoms with van der Waals surface area (Å²) in [4.78, 5) is 11.5. The topological polar surface area (TPSA) is 64.4 Å². The highest BCUT2D eigenvalue weighted by atomic mass is 19.4. The molecule has 0 bridgehead atoms. The molecule has 0 aliphatic heterocycles. The molecule has 0 aliphatic carbocycles. The Morgan fingerprint density at radius 1 is 1.25 bits per heavy atom. The maximum absolute atomic E-state index is 13.3. The van der Waals surface area contributed by atoms with Crippen molar-refractivity contribution >= 4 is 11.6 Å². The van der Waals surface area contributed by atoms with Crippen LogP contribution in [0.25, 0.3) is 0 Å². The van der Waals surface area contributed by atoms with Crippen molar-refractivity contribution in [1.29, 1.82) is 0 Å². The van der Waals surface area contributed by atoms with Crippen LogP contribution in [0, 0.1) is 11.6 Å². The molecule has 0 saturated heterocycles. The fourth-order valence-electron chi connectivity index (χ4n) is 1.26. The quantitative estimate of drug-likeness (QED) is 0.495. The third kappa shape index (κ3) is 5.00. The van der Waals surface area contributed by atoms with Gasteiger partial charge < -0.3 is 15.8 Å². The maximum Gasteiger partial charge on any atom is 0.411 e. The number of nitrogens with two attached hydrogens (primary N) is 1. The van der Waals surface area contributed by atoms with Gasteiger partial charge in [-0.25, -0.2) is 8.78 Å². The van der Waals surface area contributed by atoms with Crippen molar-refractivity contribution in [1.82, 2.24) is 5.32 Å². The number of benzene rings is 1. The number of nitrogens with one attached hydrogen (secondary N) is 1. The van der Waals surface area contributed by atoms with Crippen LogP contribution in [0.3, 0.4) is 0 Å². The Morgan fingerprint density at radius 3 is 2.50 bits per heavy atom. The van der Waals surface area contributed by atoms with Crippen molar-refractivity contribution in [2.45, 2.75) is 6.18 Å². The van der Waals surface area contributed by atoms with E-state index in [2.05, 4.69) is 10.1 Å². The number of hydrogen-bond donors (Lipinski definition) is 2. The van der Waals surface area contributed by atoms with Crippen molar-refractivity contribution in [3.63, 3.8) is 0 Å². The van der Waals surface area contributed by atoms with E-state index in [0.29, 0.717) is 6.07 Å². The van der Waals surface area contributed by atoms with Gasteiger partial charge in [0.25, 0.3) is 5.91 Å². The van der Waals surface area contributed by atoms with E-state index in [1.165, 1.54) is 0 Å². The summed E-state index contributed by atoms with van der Waals surface area (Å²) in [5.41, 5.74) is 4.27. The van der Waals surface area contributed by atoms with Crippen molar-refractivity contribution in [2.75, 3.05) is 25.5 Å². The molecule has 0 spiro atoms. The summed E-state index contributed by atoms with van der Waals surface area (Å²) in [6.07, 6.45) is -4.46. The van der Waals surface area contributed by atoms with Gasteiger partial charge in [-0.2, -0.15) is 13.2 Å². The molecule has 0 radical (unpaired) electrons. The number of carbonyl (C=O) groups is 1. The number of anilines is 1. The van der Waals surface area contributed by atoms with Crippen LogP contribution >= 0.6 is 0 Å². The molecule has 0 unspecified atom stereocenters. The molecule has 20 heavy (non-hydrogen) atoms. The van der Waals surface area contributed by atoms with E-state index in [-0.39, 0.29) is 6.54 Å². The van der Waals surface area contributed by atoms with Crippen LogP contribution in [0.15, 0.2) is 12.1 Å². The van der Waals surface area contributed by atoms with Gasteiger partial charge >= 0.3 is 6.18 Å². The average Bonchev–Trinajstić information content (AvgIpc) is 2.31. The van der Waals surface area contributed by atoms with E-state index in [1.807, 2.05) is 0 Å². The molecule has 1 aromatic rings. The van der Waals surface area contributed by atoms with Gasteiger partial charge in [0, 0.05) is 12.6 Å². The number of alkyl halides is 3. The predicted molar refractivity (Wildman–Crippen MR) is 60.0 cm³/mol. The monoisotopic (exact) mass is 298 g/mol. The van der Waals surface area contributed by atoms with E-state index < -0.39 is 48.2 Å². The Morgan fingerprint density at radius 2 is 1.90 bits per heavy atom. The Balaban J connectivity index is 2.46. The number of amides is 1. The molecule has 1 aromatic carbocycles. The second-order valence-electron chi connectivity index (χ2n) is 3.78. The predicted octanol–water partition coefficient (Wildman–Crippen LogP) is 1.86. The first-order valence-electron chi connectivity index (χ1n) is 5.38. The smallest absolute Gasteiger partial charge is 0.396 e. The Bertz CT molecular complexity index is 490. The number of nitrogen functional groups attached to an aromatic ring is 1. The second kappa shape index (κ2) is 6.51. The molecule has 4 nitrogen and oxygen atoms in total. The Labute approximate surface area is 110 Å². The molecule has 0 heterocycles. The summed E-state index contributed by atoms with van der Waals surface area (Å²) in [5.74, 6) is -3.05. The van der Waals surface area contributed by atoms with Crippen LogP contribution in [0.5, 0.6) is 0 Å². The number of ether oxygens (including phenoxy) is 1. The van der Waals surface area contributed by atoms with Crippen LogP contribution < -0.4 is 11.1 Å². The van der Waals surface area contributed by atoms with Crippen LogP contribution in [-0.4, -0.2) is 31.8 Å². The Hall–Kier alpha value is -1.90. The molecular weight excluding hydrogens is 287 g/mol. The minimum absolute atomic E-state index is 0.258. The summed E-state index contributed by atoms with van der Waals surface area (Å²) >= 11 is 0. The third-order valence-corrected chi connectivity index (χ3v) is 2.13. The fourth-order valence-corrected chi connectivity index (χ4v) is 1.26. The summed E-state index contributed by atoms with van der Waals surface area (Å²) < 4.78 is 65.6. The van der Waals surface area contributed by atoms with Crippen LogP contribution in [-0.2, 0) is 4.74 Å². The van der Waals surface area contributed by atoms with Crippen molar-refractivity contribution < 1.29 is 31.5 Å². The molecule has 112 valence electrons. The van der Waals surface area contributed by atoms with Crippen molar-refractivity contribution in [2.24, 2.45) is 0 Å². The van der Waals surface area contributed by atoms with Gasteiger partial charge in [-0.15, -0.1) is 0 Å². The van der Waals surface area contributed by atoms with Crippen LogP contribution in [0.4, 0.5) is 27.6 Å². The maximum atomic E-state index is 13.3. The van der Waals surface area contributed by atoms with Gasteiger partial charge in [-0.1, -0.05) is 0 Å². The zero-order valence-electron chi connectivity index (χ0n) is 10.1. The average molecular weight is 298 g/mol. The lowest BCUT2D eigenvalue weighted by atomic mass is 10.1. The highest BCUT2D eigenvalue weighted by Crippen LogP contribution is 2.16. The van der Waals surface area contributed by atoms with Crippen LogP contribution in [0.2, 0.25) is 0 Å². The minimum atomic E-state index is -4.46. The number of hydrogen-bond acceptors (Lipinski definition) is 3. The molecule has 0 atom stereocenters. The van der Waals surface area contributed by atoms with E-state index in [4.69, 9.17) is 5.73 Å². The molecule has 0 aromatic heterocycles. The van der Waals surface area contributed by atoms with Crippen molar-refractivity contribution in [3.8, 4) is 0 Å². The number of carbonyl (C=O) groups excluding carboxylic acids is 1. The van der Waals surface area contributed by atoms with Gasteiger partial charge in [0.05, 0.1) is 17.9 Å². The third-order valence-electron chi connectivity index (χ3n) is 2.13. The fraction of sp³-hybridized carbons (Fsp3) is 0.364. The van der Waals surface area contributed by atoms with Crippen LogP contribution in [0.1, 0.15) is 10.4 Å². The van der Waals surface area contributed by atoms with E-state index in [0.717, 1.165) is 6.07 Å². The molecule has 1 amide bonds. The lowest BCUT2D eigenvalue weighted by Gasteiger charge is -2.09. The molecule has 9 heteroatoms. The molecule has 0 aliphatic rings. The summed E-state index contributed by atoms with van der Waals surface area (Å²) in [5, 5.41) is 2.12. The largest absolute Gasteiger partial charge is 0.411 e. The molecular formula is C11H11F5N2O2. The standard InChI is InChI=1S/C11H11F5N2O2/c12-7-4-8(13)9(17)3-6(7)10(19)18-1-2-20-5-11(14,15)16/h3-4H,1-2,5,17H2,(H,18,19). The molecule has 1 rings (SSSR count). The zero-order valence-corrected chi connectivity index (χ0v) is 10.1. The van der Waals surface area contributed by atoms with Gasteiger partial charge in [0.15, 0.2) is 0 Å². The van der Waals surface area contributed by atoms with E-state index in [9.17, 15) is 26.7 Å². The van der Waals surface area contributed by atoms with Crippen molar-refractivity contribution in [3.05, 3.63) is 29.3 Å². The van der Waals surface area contributed by atoms with Gasteiger partial charge in [0.2, 0.25) is 0 Å². The first-order valence-corrected chi connectivity index (χ1v) is 5.38. The van der Waals surface area contributed by atoms with E-state index in [1.54, 1.807) is 0 Å². The summed E-state index contributed by atoms with van der Waals surface area (Å²) in [7, 11) is 0. The summed E-state index contributed by atoms with van der Waals surface area (Å²) in [6, 6.07) is 1.25. The lowest BCUT2D eigenvalue weighted by Crippen LogP contribution is -2.29. The second-order valence-corrected chi connectivity index (χ2v) is 3.78. The first-order chi connectivity index (χ1) is 9.20.